The Morgan fingerprint density at radius 1 is 0.328 bits per heavy atom. The topological polar surface area (TPSA) is 105 Å². The van der Waals surface area contributed by atoms with E-state index in [9.17, 15) is 19.2 Å². The predicted octanol–water partition coefficient (Wildman–Crippen LogP) is 13.6. The fourth-order valence-corrected chi connectivity index (χ4v) is 6.33. The Labute approximate surface area is 352 Å². The SMILES string of the molecule is CC(C)CCCCCCOC(=O)c1ccccc1C(=O)OCCCCCCC(C)C.CC(C)CCCCCOC(=O)c1ccccc1C(=O)OCCCCCC(C)C. The van der Waals surface area contributed by atoms with Crippen molar-refractivity contribution in [2.45, 2.75) is 171 Å². The highest BCUT2D eigenvalue weighted by Crippen LogP contribution is 2.17. The Morgan fingerprint density at radius 2 is 0.517 bits per heavy atom. The first-order valence-corrected chi connectivity index (χ1v) is 22.7. The van der Waals surface area contributed by atoms with Crippen LogP contribution in [-0.4, -0.2) is 50.3 Å². The zero-order valence-corrected chi connectivity index (χ0v) is 37.8. The van der Waals surface area contributed by atoms with Crippen LogP contribution >= 0.6 is 0 Å². The zero-order chi connectivity index (χ0) is 43.0. The van der Waals surface area contributed by atoms with Crippen LogP contribution in [0.25, 0.3) is 0 Å². The second-order valence-electron chi connectivity index (χ2n) is 17.3. The fourth-order valence-electron chi connectivity index (χ4n) is 6.33. The van der Waals surface area contributed by atoms with Gasteiger partial charge in [0.25, 0.3) is 0 Å². The minimum absolute atomic E-state index is 0.287. The lowest BCUT2D eigenvalue weighted by molar-refractivity contribution is 0.0450. The maximum absolute atomic E-state index is 12.4. The van der Waals surface area contributed by atoms with Gasteiger partial charge in [0.05, 0.1) is 48.7 Å². The molecule has 0 radical (unpaired) electrons. The Hall–Kier alpha value is -3.68. The average Bonchev–Trinajstić information content (AvgIpc) is 3.19. The number of esters is 4. The van der Waals surface area contributed by atoms with E-state index in [-0.39, 0.29) is 11.1 Å². The molecule has 0 aliphatic rings. The van der Waals surface area contributed by atoms with Gasteiger partial charge >= 0.3 is 23.9 Å². The van der Waals surface area contributed by atoms with E-state index >= 15 is 0 Å². The minimum Gasteiger partial charge on any atom is -0.462 e. The molecule has 0 unspecified atom stereocenters. The number of ether oxygens (including phenoxy) is 4. The molecule has 0 aliphatic heterocycles. The lowest BCUT2D eigenvalue weighted by Gasteiger charge is -2.10. The smallest absolute Gasteiger partial charge is 0.339 e. The molecule has 58 heavy (non-hydrogen) atoms. The van der Waals surface area contributed by atoms with Gasteiger partial charge in [-0.15, -0.1) is 0 Å². The molecule has 0 saturated heterocycles. The van der Waals surface area contributed by atoms with E-state index in [1.165, 1.54) is 38.5 Å². The van der Waals surface area contributed by atoms with Crippen LogP contribution < -0.4 is 0 Å². The summed E-state index contributed by atoms with van der Waals surface area (Å²) in [5.74, 6) is 1.10. The van der Waals surface area contributed by atoms with Gasteiger partial charge in [-0.3, -0.25) is 0 Å². The third-order valence-corrected chi connectivity index (χ3v) is 9.87. The van der Waals surface area contributed by atoms with E-state index in [0.29, 0.717) is 49.4 Å². The molecule has 328 valence electrons. The molecular weight excluding hydrogens is 729 g/mol. The van der Waals surface area contributed by atoms with Gasteiger partial charge in [0, 0.05) is 0 Å². The largest absolute Gasteiger partial charge is 0.462 e. The summed E-state index contributed by atoms with van der Waals surface area (Å²) in [7, 11) is 0. The maximum atomic E-state index is 12.4. The van der Waals surface area contributed by atoms with Crippen molar-refractivity contribution < 1.29 is 38.1 Å². The molecule has 8 nitrogen and oxygen atoms in total. The third kappa shape index (κ3) is 26.3. The lowest BCUT2D eigenvalue weighted by atomic mass is 10.0. The predicted molar refractivity (Wildman–Crippen MR) is 236 cm³/mol. The average molecular weight is 809 g/mol. The van der Waals surface area contributed by atoms with Crippen molar-refractivity contribution in [3.8, 4) is 0 Å². The summed E-state index contributed by atoms with van der Waals surface area (Å²) in [4.78, 5) is 49.6. The quantitative estimate of drug-likeness (QED) is 0.0436. The molecule has 0 atom stereocenters. The first kappa shape index (κ1) is 52.3. The van der Waals surface area contributed by atoms with Crippen molar-refractivity contribution in [3.05, 3.63) is 70.8 Å². The van der Waals surface area contributed by atoms with Crippen molar-refractivity contribution in [2.24, 2.45) is 23.7 Å². The monoisotopic (exact) mass is 809 g/mol. The molecule has 0 bridgehead atoms. The van der Waals surface area contributed by atoms with Gasteiger partial charge in [-0.05, 0) is 73.6 Å². The molecule has 0 aliphatic carbocycles. The summed E-state index contributed by atoms with van der Waals surface area (Å²) >= 11 is 0. The van der Waals surface area contributed by atoms with Crippen molar-refractivity contribution >= 4 is 23.9 Å². The Morgan fingerprint density at radius 3 is 0.724 bits per heavy atom. The van der Waals surface area contributed by atoms with Crippen LogP contribution in [0, 0.1) is 23.7 Å². The normalized spacial score (nSPS) is 11.1. The van der Waals surface area contributed by atoms with Crippen molar-refractivity contribution in [3.63, 3.8) is 0 Å². The number of hydrogen-bond donors (Lipinski definition) is 0. The van der Waals surface area contributed by atoms with E-state index in [1.54, 1.807) is 48.5 Å². The number of benzene rings is 2. The molecule has 0 aromatic heterocycles. The molecule has 2 aromatic carbocycles. The lowest BCUT2D eigenvalue weighted by Crippen LogP contribution is -2.15. The van der Waals surface area contributed by atoms with E-state index < -0.39 is 23.9 Å². The summed E-state index contributed by atoms with van der Waals surface area (Å²) in [6.45, 7) is 19.3. The highest BCUT2D eigenvalue weighted by atomic mass is 16.5. The molecule has 0 spiro atoms. The third-order valence-electron chi connectivity index (χ3n) is 9.87. The van der Waals surface area contributed by atoms with Crippen molar-refractivity contribution in [2.75, 3.05) is 26.4 Å². The summed E-state index contributed by atoms with van der Waals surface area (Å²) in [5, 5.41) is 0. The van der Waals surface area contributed by atoms with Crippen molar-refractivity contribution in [1.29, 1.82) is 0 Å². The molecule has 0 saturated carbocycles. The summed E-state index contributed by atoms with van der Waals surface area (Å²) in [6.07, 6.45) is 19.6. The van der Waals surface area contributed by atoms with Crippen LogP contribution in [0.5, 0.6) is 0 Å². The van der Waals surface area contributed by atoms with Gasteiger partial charge in [0.2, 0.25) is 0 Å². The van der Waals surface area contributed by atoms with Gasteiger partial charge in [-0.1, -0.05) is 170 Å². The summed E-state index contributed by atoms with van der Waals surface area (Å²) < 4.78 is 21.5. The van der Waals surface area contributed by atoms with Crippen molar-refractivity contribution in [1.82, 2.24) is 0 Å². The van der Waals surface area contributed by atoms with Crippen LogP contribution in [0.4, 0.5) is 0 Å². The molecule has 0 N–H and O–H groups in total. The summed E-state index contributed by atoms with van der Waals surface area (Å²) in [6, 6.07) is 13.5. The van der Waals surface area contributed by atoms with E-state index in [0.717, 1.165) is 88.9 Å². The van der Waals surface area contributed by atoms with Gasteiger partial charge in [0.15, 0.2) is 0 Å². The molecule has 0 amide bonds. The van der Waals surface area contributed by atoms with Gasteiger partial charge in [0.1, 0.15) is 0 Å². The Balaban J connectivity index is 0.000000581. The molecule has 0 heterocycles. The second-order valence-corrected chi connectivity index (χ2v) is 17.3. The Kier molecular flexibility index (Phi) is 29.9. The highest BCUT2D eigenvalue weighted by Gasteiger charge is 2.20. The van der Waals surface area contributed by atoms with Gasteiger partial charge in [-0.2, -0.15) is 0 Å². The number of hydrogen-bond acceptors (Lipinski definition) is 8. The van der Waals surface area contributed by atoms with E-state index in [1.807, 2.05) is 0 Å². The van der Waals surface area contributed by atoms with E-state index in [4.69, 9.17) is 18.9 Å². The second kappa shape index (κ2) is 33.2. The number of unbranched alkanes of at least 4 members (excludes halogenated alkanes) is 10. The molecule has 2 rings (SSSR count). The van der Waals surface area contributed by atoms with E-state index in [2.05, 4.69) is 55.4 Å². The van der Waals surface area contributed by atoms with Crippen LogP contribution in [0.1, 0.15) is 212 Å². The maximum Gasteiger partial charge on any atom is 0.339 e. The molecule has 8 heteroatoms. The number of carbonyl (C=O) groups is 4. The van der Waals surface area contributed by atoms with Gasteiger partial charge < -0.3 is 18.9 Å². The first-order chi connectivity index (χ1) is 27.8. The van der Waals surface area contributed by atoms with Crippen LogP contribution in [0.2, 0.25) is 0 Å². The van der Waals surface area contributed by atoms with Crippen LogP contribution in [-0.2, 0) is 18.9 Å². The molecular formula is C50H80O8. The van der Waals surface area contributed by atoms with Gasteiger partial charge in [-0.25, -0.2) is 19.2 Å². The Bertz CT molecular complexity index is 1290. The van der Waals surface area contributed by atoms with Crippen LogP contribution in [0.15, 0.2) is 48.5 Å². The van der Waals surface area contributed by atoms with Crippen LogP contribution in [0.3, 0.4) is 0 Å². The number of rotatable bonds is 30. The first-order valence-electron chi connectivity index (χ1n) is 22.7. The number of carbonyl (C=O) groups excluding carboxylic acids is 4. The minimum atomic E-state index is -0.451. The molecule has 0 fully saturated rings. The molecule has 2 aromatic rings. The standard InChI is InChI=1S/C26H42O4.C24H38O4/c1-21(2)15-9-5-7-13-19-29-25(27)23-17-11-12-18-24(23)26(28)30-20-14-8-6-10-16-22(3)4;1-19(2)13-7-5-11-17-27-23(25)21-15-9-10-16-22(21)24(26)28-18-12-6-8-14-20(3)4/h11-12,17-18,21-22H,5-10,13-16,19-20H2,1-4H3;9-10,15-16,19-20H,5-8,11-14,17-18H2,1-4H3. The zero-order valence-electron chi connectivity index (χ0n) is 37.8. The summed E-state index contributed by atoms with van der Waals surface area (Å²) in [5.41, 5.74) is 1.16. The fraction of sp³-hybridized carbons (Fsp3) is 0.680. The highest BCUT2D eigenvalue weighted by molar-refractivity contribution is 6.03.